The summed E-state index contributed by atoms with van der Waals surface area (Å²) < 4.78 is 5.40. The van der Waals surface area contributed by atoms with Crippen LogP contribution < -0.4 is 9.79 Å². The average Bonchev–Trinajstić information content (AvgIpc) is 2.60. The molecule has 0 bridgehead atoms. The Bertz CT molecular complexity index is 554. The third kappa shape index (κ3) is 1.63. The maximum atomic E-state index is 11.0. The van der Waals surface area contributed by atoms with Crippen molar-refractivity contribution in [1.82, 2.24) is 5.27 Å². The summed E-state index contributed by atoms with van der Waals surface area (Å²) in [6.45, 7) is 0. The minimum absolute atomic E-state index is 0.00167. The van der Waals surface area contributed by atoms with Crippen molar-refractivity contribution in [3.8, 4) is 11.6 Å². The van der Waals surface area contributed by atoms with Crippen LogP contribution in [0, 0.1) is 10.1 Å². The number of para-hydroxylation sites is 2. The van der Waals surface area contributed by atoms with Crippen molar-refractivity contribution in [2.45, 2.75) is 0 Å². The zero-order valence-corrected chi connectivity index (χ0v) is 9.25. The zero-order valence-electron chi connectivity index (χ0n) is 7.66. The second-order valence-electron chi connectivity index (χ2n) is 2.81. The summed E-state index contributed by atoms with van der Waals surface area (Å²) >= 11 is 2.94. The zero-order chi connectivity index (χ0) is 11.7. The Balaban J connectivity index is 2.64. The summed E-state index contributed by atoms with van der Waals surface area (Å²) in [5.74, 6) is -0.696. The van der Waals surface area contributed by atoms with Crippen LogP contribution in [-0.4, -0.2) is 10.2 Å². The molecule has 0 saturated carbocycles. The third-order valence-electron chi connectivity index (χ3n) is 1.87. The van der Waals surface area contributed by atoms with Crippen molar-refractivity contribution in [1.29, 1.82) is 0 Å². The number of rotatable bonds is 2. The third-order valence-corrected chi connectivity index (χ3v) is 2.53. The van der Waals surface area contributed by atoms with E-state index in [1.165, 1.54) is 18.2 Å². The number of nitrogens with zero attached hydrogens (tertiary/aromatic N) is 3. The second-order valence-corrected chi connectivity index (χ2v) is 3.56. The van der Waals surface area contributed by atoms with E-state index in [0.29, 0.717) is 0 Å². The molecular formula is C8H4BrN3O4. The maximum absolute atomic E-state index is 11.0. The van der Waals surface area contributed by atoms with E-state index in [-0.39, 0.29) is 16.0 Å². The van der Waals surface area contributed by atoms with E-state index >= 15 is 0 Å². The number of nitro benzene ring substituents is 1. The molecule has 1 heterocycles. The van der Waals surface area contributed by atoms with Crippen LogP contribution in [0.3, 0.4) is 0 Å². The van der Waals surface area contributed by atoms with Crippen LogP contribution in [0.15, 0.2) is 33.4 Å². The lowest BCUT2D eigenvalue weighted by atomic mass is 10.3. The minimum atomic E-state index is -0.696. The molecule has 7 nitrogen and oxygen atoms in total. The van der Waals surface area contributed by atoms with Gasteiger partial charge in [-0.25, -0.2) is 0 Å². The topological polar surface area (TPSA) is 96.1 Å². The van der Waals surface area contributed by atoms with Crippen molar-refractivity contribution in [2.24, 2.45) is 0 Å². The van der Waals surface area contributed by atoms with Crippen molar-refractivity contribution in [3.05, 3.63) is 39.0 Å². The van der Waals surface area contributed by atoms with Crippen LogP contribution in [0.5, 0.6) is 5.95 Å². The molecule has 0 amide bonds. The van der Waals surface area contributed by atoms with Crippen LogP contribution in [0.1, 0.15) is 0 Å². The quantitative estimate of drug-likeness (QED) is 0.460. The van der Waals surface area contributed by atoms with E-state index < -0.39 is 10.9 Å². The van der Waals surface area contributed by atoms with Crippen LogP contribution in [-0.2, 0) is 0 Å². The van der Waals surface area contributed by atoms with Gasteiger partial charge >= 0.3 is 16.0 Å². The van der Waals surface area contributed by atoms with E-state index in [2.05, 4.69) is 25.7 Å². The second kappa shape index (κ2) is 3.89. The van der Waals surface area contributed by atoms with E-state index in [1.807, 2.05) is 0 Å². The van der Waals surface area contributed by atoms with E-state index in [4.69, 9.17) is 0 Å². The first-order chi connectivity index (χ1) is 7.61. The predicted molar refractivity (Wildman–Crippen MR) is 51.8 cm³/mol. The number of halogens is 1. The van der Waals surface area contributed by atoms with Gasteiger partial charge in [-0.3, -0.25) is 10.1 Å². The number of nitro groups is 1. The number of hydrogen-bond acceptors (Lipinski definition) is 5. The van der Waals surface area contributed by atoms with E-state index in [0.717, 1.165) is 4.68 Å². The smallest absolute Gasteiger partial charge is 0.342 e. The van der Waals surface area contributed by atoms with Crippen LogP contribution >= 0.6 is 15.9 Å². The summed E-state index contributed by atoms with van der Waals surface area (Å²) in [5, 5.41) is 25.2. The van der Waals surface area contributed by atoms with Gasteiger partial charge in [0, 0.05) is 28.1 Å². The van der Waals surface area contributed by atoms with E-state index in [9.17, 15) is 15.2 Å². The number of benzene rings is 1. The van der Waals surface area contributed by atoms with Gasteiger partial charge in [0.25, 0.3) is 0 Å². The van der Waals surface area contributed by atoms with E-state index in [1.54, 1.807) is 6.07 Å². The molecule has 0 N–H and O–H groups in total. The molecule has 82 valence electrons. The van der Waals surface area contributed by atoms with Gasteiger partial charge in [-0.15, -0.1) is 0 Å². The van der Waals surface area contributed by atoms with Crippen molar-refractivity contribution in [2.75, 3.05) is 0 Å². The first kappa shape index (κ1) is 10.6. The van der Waals surface area contributed by atoms with Gasteiger partial charge in [-0.2, -0.15) is 0 Å². The molecule has 0 saturated heterocycles. The maximum Gasteiger partial charge on any atom is 0.342 e. The van der Waals surface area contributed by atoms with Gasteiger partial charge in [0.2, 0.25) is 0 Å². The van der Waals surface area contributed by atoms with Crippen molar-refractivity contribution < 1.29 is 19.2 Å². The fourth-order valence-corrected chi connectivity index (χ4v) is 1.51. The molecule has 1 aromatic carbocycles. The molecule has 0 radical (unpaired) electrons. The lowest BCUT2D eigenvalue weighted by Crippen LogP contribution is -2.34. The molecule has 0 unspecified atom stereocenters. The molecule has 2 rings (SSSR count). The molecule has 0 fully saturated rings. The van der Waals surface area contributed by atoms with Gasteiger partial charge < -0.3 is 9.63 Å². The Morgan fingerprint density at radius 3 is 2.69 bits per heavy atom. The van der Waals surface area contributed by atoms with Crippen LogP contribution in [0.25, 0.3) is 5.69 Å². The summed E-state index contributed by atoms with van der Waals surface area (Å²) in [6.07, 6.45) is 0. The normalized spacial score (nSPS) is 10.3. The Hall–Kier alpha value is -1.96. The Morgan fingerprint density at radius 1 is 1.44 bits per heavy atom. The lowest BCUT2D eigenvalue weighted by Gasteiger charge is -1.93. The van der Waals surface area contributed by atoms with Crippen molar-refractivity contribution >= 4 is 21.6 Å². The summed E-state index contributed by atoms with van der Waals surface area (Å²) in [4.78, 5) is 10.2. The molecule has 8 heteroatoms. The fourth-order valence-electron chi connectivity index (χ4n) is 1.19. The molecule has 0 aliphatic heterocycles. The van der Waals surface area contributed by atoms with Gasteiger partial charge in [0.15, 0.2) is 5.95 Å². The molecular weight excluding hydrogens is 282 g/mol. The summed E-state index contributed by atoms with van der Waals surface area (Å²) in [6, 6.07) is 5.90. The van der Waals surface area contributed by atoms with Crippen molar-refractivity contribution in [3.63, 3.8) is 0 Å². The molecule has 0 aliphatic rings. The van der Waals surface area contributed by atoms with Crippen LogP contribution in [0.2, 0.25) is 0 Å². The number of hydrogen-bond donors (Lipinski definition) is 0. The van der Waals surface area contributed by atoms with Gasteiger partial charge in [0.1, 0.15) is 0 Å². The Morgan fingerprint density at radius 2 is 2.12 bits per heavy atom. The van der Waals surface area contributed by atoms with Crippen LogP contribution in [0.4, 0.5) is 5.69 Å². The highest BCUT2D eigenvalue weighted by molar-refractivity contribution is 9.10. The standard InChI is InChI=1S/C8H4BrN3O4/c9-7-8(13)16-10-11(7)5-3-1-2-4-6(5)12(14)15/h1-4H. The fraction of sp³-hybridized carbons (Fsp3) is 0. The highest BCUT2D eigenvalue weighted by atomic mass is 79.9. The molecule has 0 aliphatic carbocycles. The first-order valence-corrected chi connectivity index (χ1v) is 4.89. The average molecular weight is 286 g/mol. The summed E-state index contributed by atoms with van der Waals surface area (Å²) in [7, 11) is 0. The Labute approximate surface area is 97.2 Å². The monoisotopic (exact) mass is 285 g/mol. The SMILES string of the molecule is O=[N+]([O-])c1ccccc1-[n+]1noc([O-])c1Br. The largest absolute Gasteiger partial charge is 0.538 e. The van der Waals surface area contributed by atoms with Gasteiger partial charge in [-0.05, 0) is 4.68 Å². The first-order valence-electron chi connectivity index (χ1n) is 4.09. The summed E-state index contributed by atoms with van der Waals surface area (Å²) in [5.41, 5.74) is -0.00766. The highest BCUT2D eigenvalue weighted by Gasteiger charge is 2.27. The Kier molecular flexibility index (Phi) is 2.57. The predicted octanol–water partition coefficient (Wildman–Crippen LogP) is 0.696. The number of aromatic nitrogens is 2. The highest BCUT2D eigenvalue weighted by Crippen LogP contribution is 2.22. The van der Waals surface area contributed by atoms with Gasteiger partial charge in [-0.1, -0.05) is 12.1 Å². The molecule has 2 aromatic rings. The molecule has 1 aromatic heterocycles. The molecule has 16 heavy (non-hydrogen) atoms. The molecule has 0 atom stereocenters. The minimum Gasteiger partial charge on any atom is -0.538 e. The van der Waals surface area contributed by atoms with Gasteiger partial charge in [0.05, 0.1) is 10.2 Å². The molecule has 0 spiro atoms. The lowest BCUT2D eigenvalue weighted by molar-refractivity contribution is -0.683.